The molecule has 0 bridgehead atoms. The summed E-state index contributed by atoms with van der Waals surface area (Å²) in [6.07, 6.45) is 1.77. The molecule has 2 atom stereocenters. The number of carbonyl (C=O) groups is 1. The quantitative estimate of drug-likeness (QED) is 0.661. The molecular weight excluding hydrogens is 388 g/mol. The van der Waals surface area contributed by atoms with Crippen molar-refractivity contribution < 1.29 is 9.53 Å². The molecule has 29 heavy (non-hydrogen) atoms. The maximum Gasteiger partial charge on any atom is 0.318 e. The van der Waals surface area contributed by atoms with Crippen molar-refractivity contribution in [2.24, 2.45) is 0 Å². The van der Waals surface area contributed by atoms with Gasteiger partial charge in [-0.25, -0.2) is 9.78 Å². The van der Waals surface area contributed by atoms with E-state index < -0.39 is 0 Å². The van der Waals surface area contributed by atoms with Crippen LogP contribution in [0.1, 0.15) is 30.4 Å². The van der Waals surface area contributed by atoms with Crippen LogP contribution in [-0.4, -0.2) is 40.7 Å². The average Bonchev–Trinajstić information content (AvgIpc) is 3.25. The van der Waals surface area contributed by atoms with Crippen molar-refractivity contribution in [3.05, 3.63) is 77.2 Å². The predicted octanol–water partition coefficient (Wildman–Crippen LogP) is 4.57. The summed E-state index contributed by atoms with van der Waals surface area (Å²) >= 11 is 5.97. The highest BCUT2D eigenvalue weighted by atomic mass is 35.5. The molecule has 0 radical (unpaired) electrons. The number of H-pyrrole nitrogens is 1. The van der Waals surface area contributed by atoms with E-state index in [4.69, 9.17) is 16.3 Å². The lowest BCUT2D eigenvalue weighted by atomic mass is 10.1. The van der Waals surface area contributed by atoms with Crippen LogP contribution in [0, 0.1) is 0 Å². The summed E-state index contributed by atoms with van der Waals surface area (Å²) in [4.78, 5) is 22.6. The van der Waals surface area contributed by atoms with Crippen molar-refractivity contribution in [1.82, 2.24) is 20.2 Å². The second kappa shape index (κ2) is 8.68. The largest absolute Gasteiger partial charge is 0.377 e. The minimum Gasteiger partial charge on any atom is -0.377 e. The Labute approximate surface area is 174 Å². The van der Waals surface area contributed by atoms with Gasteiger partial charge in [0.15, 0.2) is 0 Å². The number of nitrogens with zero attached hydrogens (tertiary/aromatic N) is 2. The molecule has 2 amide bonds. The fraction of sp³-hybridized carbons (Fsp3) is 0.273. The number of morpholine rings is 1. The van der Waals surface area contributed by atoms with Crippen molar-refractivity contribution in [2.75, 3.05) is 19.8 Å². The Kier molecular flexibility index (Phi) is 5.83. The van der Waals surface area contributed by atoms with Crippen LogP contribution < -0.4 is 5.32 Å². The molecule has 3 aromatic rings. The number of hydrogen-bond acceptors (Lipinski definition) is 3. The van der Waals surface area contributed by atoms with Gasteiger partial charge in [-0.05, 0) is 30.2 Å². The highest BCUT2D eigenvalue weighted by molar-refractivity contribution is 6.30. The van der Waals surface area contributed by atoms with E-state index in [1.54, 1.807) is 11.1 Å². The fourth-order valence-electron chi connectivity index (χ4n) is 3.45. The van der Waals surface area contributed by atoms with Crippen molar-refractivity contribution in [3.8, 4) is 11.3 Å². The first kappa shape index (κ1) is 19.5. The lowest BCUT2D eigenvalue weighted by Gasteiger charge is -2.35. The Hall–Kier alpha value is -2.83. The third-order valence-corrected chi connectivity index (χ3v) is 5.35. The maximum atomic E-state index is 13.0. The second-order valence-electron chi connectivity index (χ2n) is 7.05. The van der Waals surface area contributed by atoms with E-state index >= 15 is 0 Å². The average molecular weight is 411 g/mol. The molecule has 7 heteroatoms. The van der Waals surface area contributed by atoms with Crippen LogP contribution in [0.2, 0.25) is 5.02 Å². The van der Waals surface area contributed by atoms with Crippen molar-refractivity contribution in [3.63, 3.8) is 0 Å². The molecular formula is C22H23ClN4O2. The van der Waals surface area contributed by atoms with Crippen LogP contribution in [0.25, 0.3) is 11.3 Å². The smallest absolute Gasteiger partial charge is 0.318 e. The molecule has 1 aromatic heterocycles. The minimum absolute atomic E-state index is 0.0894. The zero-order valence-corrected chi connectivity index (χ0v) is 16.9. The SMILES string of the molecule is CC(NC(=O)N1CCOCC1c1ncc(-c2ccc(Cl)cc2)[nH]1)c1ccccc1. The lowest BCUT2D eigenvalue weighted by molar-refractivity contribution is 0.00840. The molecule has 0 spiro atoms. The van der Waals surface area contributed by atoms with Crippen LogP contribution in [0.15, 0.2) is 60.8 Å². The van der Waals surface area contributed by atoms with Gasteiger partial charge < -0.3 is 19.9 Å². The van der Waals surface area contributed by atoms with E-state index in [-0.39, 0.29) is 18.1 Å². The molecule has 2 unspecified atom stereocenters. The van der Waals surface area contributed by atoms with Crippen LogP contribution >= 0.6 is 11.6 Å². The number of ether oxygens (including phenoxy) is 1. The van der Waals surface area contributed by atoms with Crippen molar-refractivity contribution in [1.29, 1.82) is 0 Å². The minimum atomic E-state index is -0.271. The van der Waals surface area contributed by atoms with Gasteiger partial charge in [-0.2, -0.15) is 0 Å². The zero-order valence-electron chi connectivity index (χ0n) is 16.1. The predicted molar refractivity (Wildman–Crippen MR) is 113 cm³/mol. The Morgan fingerprint density at radius 3 is 2.76 bits per heavy atom. The van der Waals surface area contributed by atoms with Gasteiger partial charge >= 0.3 is 6.03 Å². The topological polar surface area (TPSA) is 70.2 Å². The van der Waals surface area contributed by atoms with Crippen LogP contribution in [0.5, 0.6) is 0 Å². The lowest BCUT2D eigenvalue weighted by Crippen LogP contribution is -2.48. The first-order chi connectivity index (χ1) is 14.1. The molecule has 1 saturated heterocycles. The number of halogens is 1. The summed E-state index contributed by atoms with van der Waals surface area (Å²) < 4.78 is 5.64. The first-order valence-electron chi connectivity index (χ1n) is 9.62. The highest BCUT2D eigenvalue weighted by Gasteiger charge is 2.31. The number of aromatic nitrogens is 2. The summed E-state index contributed by atoms with van der Waals surface area (Å²) in [5.41, 5.74) is 2.92. The first-order valence-corrected chi connectivity index (χ1v) is 10.0. The van der Waals surface area contributed by atoms with Gasteiger partial charge in [-0.15, -0.1) is 0 Å². The molecule has 0 aliphatic carbocycles. The zero-order chi connectivity index (χ0) is 20.2. The van der Waals surface area contributed by atoms with Gasteiger partial charge in [0.05, 0.1) is 31.1 Å². The van der Waals surface area contributed by atoms with Gasteiger partial charge in [0.25, 0.3) is 0 Å². The van der Waals surface area contributed by atoms with Gasteiger partial charge in [-0.3, -0.25) is 0 Å². The Bertz CT molecular complexity index is 958. The van der Waals surface area contributed by atoms with E-state index in [0.717, 1.165) is 16.8 Å². The van der Waals surface area contributed by atoms with Gasteiger partial charge in [0, 0.05) is 11.6 Å². The number of imidazole rings is 1. The molecule has 1 aliphatic heterocycles. The summed E-state index contributed by atoms with van der Waals surface area (Å²) in [7, 11) is 0. The van der Waals surface area contributed by atoms with E-state index in [0.29, 0.717) is 30.6 Å². The number of benzene rings is 2. The van der Waals surface area contributed by atoms with Gasteiger partial charge in [-0.1, -0.05) is 54.1 Å². The molecule has 4 rings (SSSR count). The number of rotatable bonds is 4. The van der Waals surface area contributed by atoms with E-state index in [9.17, 15) is 4.79 Å². The molecule has 1 fully saturated rings. The summed E-state index contributed by atoms with van der Waals surface area (Å²) in [6.45, 7) is 3.40. The van der Waals surface area contributed by atoms with Crippen molar-refractivity contribution >= 4 is 17.6 Å². The van der Waals surface area contributed by atoms with Crippen LogP contribution in [0.4, 0.5) is 4.79 Å². The molecule has 0 saturated carbocycles. The second-order valence-corrected chi connectivity index (χ2v) is 7.49. The number of aromatic amines is 1. The van der Waals surface area contributed by atoms with Crippen molar-refractivity contribution in [2.45, 2.75) is 19.0 Å². The monoisotopic (exact) mass is 410 g/mol. The molecule has 2 aromatic carbocycles. The Morgan fingerprint density at radius 2 is 2.00 bits per heavy atom. The normalized spacial score (nSPS) is 17.7. The summed E-state index contributed by atoms with van der Waals surface area (Å²) in [6, 6.07) is 17.0. The highest BCUT2D eigenvalue weighted by Crippen LogP contribution is 2.26. The van der Waals surface area contributed by atoms with Gasteiger partial charge in [0.2, 0.25) is 0 Å². The van der Waals surface area contributed by atoms with E-state index in [2.05, 4.69) is 15.3 Å². The standard InChI is InChI=1S/C22H23ClN4O2/c1-15(16-5-3-2-4-6-16)25-22(28)27-11-12-29-14-20(27)21-24-13-19(26-21)17-7-9-18(23)10-8-17/h2-10,13,15,20H,11-12,14H2,1H3,(H,24,26)(H,25,28). The summed E-state index contributed by atoms with van der Waals surface area (Å²) in [5, 5.41) is 3.77. The third kappa shape index (κ3) is 4.44. The molecule has 6 nitrogen and oxygen atoms in total. The maximum absolute atomic E-state index is 13.0. The molecule has 1 aliphatic rings. The number of amides is 2. The van der Waals surface area contributed by atoms with Crippen LogP contribution in [-0.2, 0) is 4.74 Å². The van der Waals surface area contributed by atoms with E-state index in [1.165, 1.54) is 0 Å². The number of urea groups is 1. The van der Waals surface area contributed by atoms with Gasteiger partial charge in [0.1, 0.15) is 11.9 Å². The molecule has 2 N–H and O–H groups in total. The molecule has 150 valence electrons. The number of nitrogens with one attached hydrogen (secondary N) is 2. The Balaban J connectivity index is 1.50. The molecule has 2 heterocycles. The number of hydrogen-bond donors (Lipinski definition) is 2. The summed E-state index contributed by atoms with van der Waals surface area (Å²) in [5.74, 6) is 0.706. The van der Waals surface area contributed by atoms with Crippen LogP contribution in [0.3, 0.4) is 0 Å². The third-order valence-electron chi connectivity index (χ3n) is 5.10. The Morgan fingerprint density at radius 1 is 1.24 bits per heavy atom. The van der Waals surface area contributed by atoms with E-state index in [1.807, 2.05) is 61.5 Å². The fourth-order valence-corrected chi connectivity index (χ4v) is 3.57. The number of carbonyl (C=O) groups excluding carboxylic acids is 1.